The quantitative estimate of drug-likeness (QED) is 0.222. The van der Waals surface area contributed by atoms with Crippen LogP contribution in [0.5, 0.6) is 0 Å². The summed E-state index contributed by atoms with van der Waals surface area (Å²) < 4.78 is 13.9. The van der Waals surface area contributed by atoms with Crippen LogP contribution in [0.4, 0.5) is 10.1 Å². The lowest BCUT2D eigenvalue weighted by molar-refractivity contribution is -0.117. The maximum atomic E-state index is 13.9. The van der Waals surface area contributed by atoms with Crippen molar-refractivity contribution in [3.8, 4) is 33.8 Å². The van der Waals surface area contributed by atoms with Gasteiger partial charge in [0.15, 0.2) is 5.82 Å². The highest BCUT2D eigenvalue weighted by molar-refractivity contribution is 5.98. The Kier molecular flexibility index (Phi) is 5.95. The molecule has 0 fully saturated rings. The largest absolute Gasteiger partial charge is 0.337 e. The lowest BCUT2D eigenvalue weighted by atomic mass is 9.92. The number of H-pyrrole nitrogens is 2. The SMILES string of the molecule is CC(C)(C)CC(=O)Nc1cncc(-c2ccc3[nH]nc(-c4nc5c(-c6cccc(F)c6)cccc5[nH]4)c3c2)c1. The number of rotatable bonds is 5. The number of carbonyl (C=O) groups is 1. The van der Waals surface area contributed by atoms with Gasteiger partial charge in [0.05, 0.1) is 28.4 Å². The van der Waals surface area contributed by atoms with E-state index in [1.165, 1.54) is 12.1 Å². The first-order valence-corrected chi connectivity index (χ1v) is 12.7. The second-order valence-corrected chi connectivity index (χ2v) is 10.9. The number of hydrogen-bond acceptors (Lipinski definition) is 4. The fraction of sp³-hybridized carbons (Fsp3) is 0.161. The molecular formula is C31H27FN6O. The minimum absolute atomic E-state index is 0.0449. The summed E-state index contributed by atoms with van der Waals surface area (Å²) in [6.07, 6.45) is 3.84. The van der Waals surface area contributed by atoms with Gasteiger partial charge >= 0.3 is 0 Å². The monoisotopic (exact) mass is 518 g/mol. The van der Waals surface area contributed by atoms with Crippen LogP contribution in [-0.2, 0) is 4.79 Å². The van der Waals surface area contributed by atoms with E-state index in [0.717, 1.165) is 44.2 Å². The summed E-state index contributed by atoms with van der Waals surface area (Å²) >= 11 is 0. The first-order chi connectivity index (χ1) is 18.7. The van der Waals surface area contributed by atoms with Crippen LogP contribution in [-0.4, -0.2) is 31.1 Å². The molecular weight excluding hydrogens is 491 g/mol. The maximum Gasteiger partial charge on any atom is 0.224 e. The number of carbonyl (C=O) groups excluding carboxylic acids is 1. The lowest BCUT2D eigenvalue weighted by Gasteiger charge is -2.17. The number of nitrogens with one attached hydrogen (secondary N) is 3. The van der Waals surface area contributed by atoms with Crippen molar-refractivity contribution < 1.29 is 9.18 Å². The third kappa shape index (κ3) is 5.01. The Morgan fingerprint density at radius 3 is 2.59 bits per heavy atom. The third-order valence-corrected chi connectivity index (χ3v) is 6.48. The van der Waals surface area contributed by atoms with E-state index in [1.807, 2.05) is 69.3 Å². The van der Waals surface area contributed by atoms with Gasteiger partial charge in [0.1, 0.15) is 11.5 Å². The second-order valence-electron chi connectivity index (χ2n) is 10.9. The minimum Gasteiger partial charge on any atom is -0.337 e. The Balaban J connectivity index is 1.37. The van der Waals surface area contributed by atoms with E-state index in [-0.39, 0.29) is 17.1 Å². The van der Waals surface area contributed by atoms with Gasteiger partial charge in [0.25, 0.3) is 0 Å². The number of pyridine rings is 1. The number of para-hydroxylation sites is 1. The van der Waals surface area contributed by atoms with Gasteiger partial charge in [-0.25, -0.2) is 9.37 Å². The van der Waals surface area contributed by atoms with Crippen molar-refractivity contribution >= 4 is 33.5 Å². The van der Waals surface area contributed by atoms with Crippen molar-refractivity contribution in [2.24, 2.45) is 5.41 Å². The van der Waals surface area contributed by atoms with Gasteiger partial charge in [-0.1, -0.05) is 51.1 Å². The van der Waals surface area contributed by atoms with Crippen molar-refractivity contribution in [3.63, 3.8) is 0 Å². The molecule has 0 aliphatic rings. The van der Waals surface area contributed by atoms with E-state index in [1.54, 1.807) is 18.5 Å². The van der Waals surface area contributed by atoms with Crippen LogP contribution in [0.1, 0.15) is 27.2 Å². The Labute approximate surface area is 224 Å². The van der Waals surface area contributed by atoms with Crippen molar-refractivity contribution in [2.75, 3.05) is 5.32 Å². The highest BCUT2D eigenvalue weighted by Crippen LogP contribution is 2.33. The molecule has 39 heavy (non-hydrogen) atoms. The Hall–Kier alpha value is -4.85. The summed E-state index contributed by atoms with van der Waals surface area (Å²) in [5.41, 5.74) is 7.06. The average molecular weight is 519 g/mol. The van der Waals surface area contributed by atoms with Crippen LogP contribution in [0.2, 0.25) is 0 Å². The number of benzene rings is 3. The van der Waals surface area contributed by atoms with E-state index in [2.05, 4.69) is 25.5 Å². The van der Waals surface area contributed by atoms with Gasteiger partial charge in [-0.3, -0.25) is 14.9 Å². The van der Waals surface area contributed by atoms with Gasteiger partial charge < -0.3 is 10.3 Å². The zero-order valence-corrected chi connectivity index (χ0v) is 21.8. The molecule has 3 heterocycles. The van der Waals surface area contributed by atoms with Gasteiger partial charge in [0, 0.05) is 29.1 Å². The number of aromatic amines is 2. The van der Waals surface area contributed by atoms with E-state index in [0.29, 0.717) is 23.6 Å². The minimum atomic E-state index is -0.293. The number of hydrogen-bond donors (Lipinski definition) is 3. The van der Waals surface area contributed by atoms with Gasteiger partial charge in [0.2, 0.25) is 5.91 Å². The highest BCUT2D eigenvalue weighted by Gasteiger charge is 2.18. The van der Waals surface area contributed by atoms with Crippen LogP contribution in [0.3, 0.4) is 0 Å². The number of aromatic nitrogens is 5. The van der Waals surface area contributed by atoms with Gasteiger partial charge in [-0.05, 0) is 52.9 Å². The summed E-state index contributed by atoms with van der Waals surface area (Å²) in [7, 11) is 0. The fourth-order valence-electron chi connectivity index (χ4n) is 4.76. The predicted molar refractivity (Wildman–Crippen MR) is 153 cm³/mol. The second kappa shape index (κ2) is 9.47. The molecule has 0 bridgehead atoms. The van der Waals surface area contributed by atoms with E-state index >= 15 is 0 Å². The van der Waals surface area contributed by atoms with Crippen molar-refractivity contribution in [1.29, 1.82) is 0 Å². The molecule has 194 valence electrons. The predicted octanol–water partition coefficient (Wildman–Crippen LogP) is 7.35. The maximum absolute atomic E-state index is 13.9. The van der Waals surface area contributed by atoms with Gasteiger partial charge in [-0.2, -0.15) is 5.10 Å². The molecule has 7 nitrogen and oxygen atoms in total. The van der Waals surface area contributed by atoms with Crippen molar-refractivity contribution in [1.82, 2.24) is 25.1 Å². The summed E-state index contributed by atoms with van der Waals surface area (Å²) in [5.74, 6) is 0.272. The van der Waals surface area contributed by atoms with E-state index in [9.17, 15) is 9.18 Å². The average Bonchev–Trinajstić information content (AvgIpc) is 3.51. The molecule has 6 aromatic rings. The number of fused-ring (bicyclic) bond motifs is 2. The molecule has 0 saturated heterocycles. The molecule has 0 unspecified atom stereocenters. The number of imidazole rings is 1. The standard InChI is InChI=1S/C31H27FN6O/c1-31(2,3)15-27(39)34-22-13-20(16-33-17-22)18-10-11-25-24(14-18)29(38-37-25)30-35-26-9-5-8-23(28(26)36-30)19-6-4-7-21(32)12-19/h4-14,16-17H,15H2,1-3H3,(H,34,39)(H,35,36)(H,37,38). The number of nitrogens with zero attached hydrogens (tertiary/aromatic N) is 3. The molecule has 1 amide bonds. The van der Waals surface area contributed by atoms with Crippen LogP contribution in [0.15, 0.2) is 79.1 Å². The van der Waals surface area contributed by atoms with E-state index < -0.39 is 0 Å². The van der Waals surface area contributed by atoms with Crippen LogP contribution >= 0.6 is 0 Å². The normalized spacial score (nSPS) is 11.8. The highest BCUT2D eigenvalue weighted by atomic mass is 19.1. The zero-order valence-electron chi connectivity index (χ0n) is 21.8. The fourth-order valence-corrected chi connectivity index (χ4v) is 4.76. The molecule has 6 rings (SSSR count). The molecule has 3 aromatic heterocycles. The number of amides is 1. The molecule has 0 saturated carbocycles. The summed E-state index contributed by atoms with van der Waals surface area (Å²) in [6.45, 7) is 6.09. The third-order valence-electron chi connectivity index (χ3n) is 6.48. The van der Waals surface area contributed by atoms with Crippen LogP contribution < -0.4 is 5.32 Å². The Morgan fingerprint density at radius 1 is 0.923 bits per heavy atom. The molecule has 0 aliphatic heterocycles. The van der Waals surface area contributed by atoms with Crippen LogP contribution in [0.25, 0.3) is 55.7 Å². The van der Waals surface area contributed by atoms with E-state index in [4.69, 9.17) is 4.98 Å². The molecule has 0 atom stereocenters. The van der Waals surface area contributed by atoms with Crippen LogP contribution in [0, 0.1) is 11.2 Å². The topological polar surface area (TPSA) is 99.3 Å². The van der Waals surface area contributed by atoms with Crippen molar-refractivity contribution in [2.45, 2.75) is 27.2 Å². The first-order valence-electron chi connectivity index (χ1n) is 12.7. The molecule has 0 aliphatic carbocycles. The number of anilines is 1. The molecule has 3 aromatic carbocycles. The smallest absolute Gasteiger partial charge is 0.224 e. The number of halogens is 1. The Morgan fingerprint density at radius 2 is 1.77 bits per heavy atom. The summed E-state index contributed by atoms with van der Waals surface area (Å²) in [5, 5.41) is 11.5. The Bertz CT molecular complexity index is 1850. The summed E-state index contributed by atoms with van der Waals surface area (Å²) in [4.78, 5) is 25.0. The van der Waals surface area contributed by atoms with Crippen molar-refractivity contribution in [3.05, 3.63) is 84.9 Å². The molecule has 0 radical (unpaired) electrons. The molecule has 8 heteroatoms. The molecule has 3 N–H and O–H groups in total. The van der Waals surface area contributed by atoms with Gasteiger partial charge in [-0.15, -0.1) is 0 Å². The summed E-state index contributed by atoms with van der Waals surface area (Å²) in [6, 6.07) is 20.2. The zero-order chi connectivity index (χ0) is 27.1. The first kappa shape index (κ1) is 24.5. The molecule has 0 spiro atoms. The lowest BCUT2D eigenvalue weighted by Crippen LogP contribution is -2.19.